The van der Waals surface area contributed by atoms with Gasteiger partial charge in [-0.25, -0.2) is 0 Å². The van der Waals surface area contributed by atoms with Crippen LogP contribution in [-0.2, 0) is 32.2 Å². The molecule has 0 N–H and O–H groups in total. The van der Waals surface area contributed by atoms with Gasteiger partial charge in [-0.2, -0.15) is 0 Å². The summed E-state index contributed by atoms with van der Waals surface area (Å²) in [5.41, 5.74) is 1.48. The number of likely N-dealkylation sites (N-methyl/N-ethyl adjacent to an activating group) is 1. The Kier molecular flexibility index (Phi) is 7.49. The topological polar surface area (TPSA) is 84.3 Å². The lowest BCUT2D eigenvalue weighted by molar-refractivity contribution is -0.145. The average molecular weight is 348 g/mol. The highest BCUT2D eigenvalue weighted by atomic mass is 16.6. The molecule has 8 nitrogen and oxygen atoms in total. The van der Waals surface area contributed by atoms with E-state index in [4.69, 9.17) is 9.47 Å². The molecule has 1 aliphatic rings. The Morgan fingerprint density at radius 3 is 3.00 bits per heavy atom. The summed E-state index contributed by atoms with van der Waals surface area (Å²) in [7, 11) is 1.83. The van der Waals surface area contributed by atoms with E-state index in [1.54, 1.807) is 12.3 Å². The number of pyridine rings is 1. The molecule has 0 amide bonds. The van der Waals surface area contributed by atoms with Crippen molar-refractivity contribution in [1.29, 1.82) is 0 Å². The van der Waals surface area contributed by atoms with E-state index in [1.807, 2.05) is 35.9 Å². The van der Waals surface area contributed by atoms with Crippen molar-refractivity contribution < 1.29 is 19.1 Å². The first kappa shape index (κ1) is 19.0. The van der Waals surface area contributed by atoms with Gasteiger partial charge < -0.3 is 9.47 Å². The van der Waals surface area contributed by atoms with E-state index in [0.717, 1.165) is 12.2 Å². The molecule has 0 atom stereocenters. The van der Waals surface area contributed by atoms with Gasteiger partial charge in [-0.15, -0.1) is 0 Å². The first-order valence-electron chi connectivity index (χ1n) is 8.22. The van der Waals surface area contributed by atoms with Crippen molar-refractivity contribution in [2.75, 3.05) is 40.0 Å². The SMILES string of the molecule is CCN=CCN(C)CC(=O)OCc1cccc(CN2COC(=O)C2)n1. The second-order valence-corrected chi connectivity index (χ2v) is 5.79. The fraction of sp³-hybridized carbons (Fsp3) is 0.529. The van der Waals surface area contributed by atoms with Crippen molar-refractivity contribution in [3.63, 3.8) is 0 Å². The van der Waals surface area contributed by atoms with Crippen LogP contribution in [0, 0.1) is 0 Å². The molecule has 0 aromatic carbocycles. The van der Waals surface area contributed by atoms with Gasteiger partial charge in [0.15, 0.2) is 0 Å². The largest absolute Gasteiger partial charge is 0.458 e. The number of aromatic nitrogens is 1. The lowest BCUT2D eigenvalue weighted by Crippen LogP contribution is -2.29. The number of carbonyl (C=O) groups is 2. The maximum absolute atomic E-state index is 11.9. The van der Waals surface area contributed by atoms with Crippen molar-refractivity contribution in [3.8, 4) is 0 Å². The molecule has 25 heavy (non-hydrogen) atoms. The molecule has 1 aliphatic heterocycles. The summed E-state index contributed by atoms with van der Waals surface area (Å²) in [5.74, 6) is -0.531. The van der Waals surface area contributed by atoms with E-state index >= 15 is 0 Å². The van der Waals surface area contributed by atoms with E-state index in [-0.39, 0.29) is 38.4 Å². The molecule has 0 saturated carbocycles. The number of rotatable bonds is 9. The first-order chi connectivity index (χ1) is 12.1. The minimum atomic E-state index is -0.307. The van der Waals surface area contributed by atoms with Gasteiger partial charge in [-0.1, -0.05) is 6.07 Å². The maximum Gasteiger partial charge on any atom is 0.321 e. The third-order valence-electron chi connectivity index (χ3n) is 3.50. The predicted molar refractivity (Wildman–Crippen MR) is 91.9 cm³/mol. The molecule has 136 valence electrons. The molecule has 2 heterocycles. The standard InChI is InChI=1S/C17H24N4O4/c1-3-18-7-8-20(2)10-16(22)24-12-15-6-4-5-14(19-15)9-21-11-17(23)25-13-21/h4-7H,3,8-13H2,1-2H3. The van der Waals surface area contributed by atoms with Crippen LogP contribution in [0.3, 0.4) is 0 Å². The zero-order valence-corrected chi connectivity index (χ0v) is 14.7. The lowest BCUT2D eigenvalue weighted by Gasteiger charge is -2.14. The molecule has 1 aromatic heterocycles. The summed E-state index contributed by atoms with van der Waals surface area (Å²) in [6, 6.07) is 5.53. The second-order valence-electron chi connectivity index (χ2n) is 5.79. The summed E-state index contributed by atoms with van der Waals surface area (Å²) < 4.78 is 10.2. The molecule has 0 radical (unpaired) electrons. The third-order valence-corrected chi connectivity index (χ3v) is 3.50. The molecule has 2 rings (SSSR count). The predicted octanol–water partition coefficient (Wildman–Crippen LogP) is 0.464. The molecule has 0 bridgehead atoms. The molecular weight excluding hydrogens is 324 g/mol. The fourth-order valence-electron chi connectivity index (χ4n) is 2.28. The van der Waals surface area contributed by atoms with E-state index in [2.05, 4.69) is 9.98 Å². The first-order valence-corrected chi connectivity index (χ1v) is 8.22. The molecule has 0 aliphatic carbocycles. The monoisotopic (exact) mass is 348 g/mol. The Morgan fingerprint density at radius 1 is 1.48 bits per heavy atom. The van der Waals surface area contributed by atoms with Crippen LogP contribution < -0.4 is 0 Å². The molecule has 1 fully saturated rings. The fourth-order valence-corrected chi connectivity index (χ4v) is 2.28. The molecule has 1 aromatic rings. The van der Waals surface area contributed by atoms with Crippen molar-refractivity contribution in [3.05, 3.63) is 29.6 Å². The highest BCUT2D eigenvalue weighted by molar-refractivity contribution is 5.73. The highest BCUT2D eigenvalue weighted by Gasteiger charge is 2.20. The van der Waals surface area contributed by atoms with Gasteiger partial charge in [0.05, 0.1) is 24.5 Å². The number of hydrogen-bond donors (Lipinski definition) is 0. The highest BCUT2D eigenvalue weighted by Crippen LogP contribution is 2.08. The van der Waals surface area contributed by atoms with Gasteiger partial charge in [-0.05, 0) is 26.1 Å². The number of hydrogen-bond acceptors (Lipinski definition) is 8. The zero-order chi connectivity index (χ0) is 18.1. The Balaban J connectivity index is 1.76. The molecule has 0 unspecified atom stereocenters. The van der Waals surface area contributed by atoms with Crippen LogP contribution in [0.5, 0.6) is 0 Å². The Bertz CT molecular complexity index is 620. The van der Waals surface area contributed by atoms with Crippen LogP contribution in [-0.4, -0.2) is 72.9 Å². The normalized spacial score (nSPS) is 15.1. The number of aliphatic imine (C=N–C) groups is 1. The van der Waals surface area contributed by atoms with Crippen LogP contribution in [0.2, 0.25) is 0 Å². The minimum absolute atomic E-state index is 0.124. The number of cyclic esters (lactones) is 1. The molecule has 8 heteroatoms. The average Bonchev–Trinajstić information content (AvgIpc) is 2.98. The number of carbonyl (C=O) groups excluding carboxylic acids is 2. The van der Waals surface area contributed by atoms with Gasteiger partial charge in [0, 0.05) is 25.8 Å². The van der Waals surface area contributed by atoms with E-state index < -0.39 is 0 Å². The van der Waals surface area contributed by atoms with Crippen LogP contribution in [0.1, 0.15) is 18.3 Å². The minimum Gasteiger partial charge on any atom is -0.458 e. The van der Waals surface area contributed by atoms with E-state index in [9.17, 15) is 9.59 Å². The molecule has 1 saturated heterocycles. The van der Waals surface area contributed by atoms with Crippen molar-refractivity contribution in [1.82, 2.24) is 14.8 Å². The Hall–Kier alpha value is -2.32. The van der Waals surface area contributed by atoms with E-state index in [1.165, 1.54) is 0 Å². The van der Waals surface area contributed by atoms with Gasteiger partial charge >= 0.3 is 11.9 Å². The summed E-state index contributed by atoms with van der Waals surface area (Å²) in [5, 5.41) is 0. The van der Waals surface area contributed by atoms with Crippen LogP contribution in [0.4, 0.5) is 0 Å². The second kappa shape index (κ2) is 9.85. The third kappa shape index (κ3) is 6.98. The van der Waals surface area contributed by atoms with E-state index in [0.29, 0.717) is 18.8 Å². The Morgan fingerprint density at radius 2 is 2.28 bits per heavy atom. The number of nitrogens with zero attached hydrogens (tertiary/aromatic N) is 4. The summed E-state index contributed by atoms with van der Waals surface area (Å²) >= 11 is 0. The van der Waals surface area contributed by atoms with Gasteiger partial charge in [0.25, 0.3) is 0 Å². The Labute approximate surface area is 147 Å². The smallest absolute Gasteiger partial charge is 0.321 e. The zero-order valence-electron chi connectivity index (χ0n) is 14.7. The van der Waals surface area contributed by atoms with Crippen molar-refractivity contribution in [2.24, 2.45) is 4.99 Å². The van der Waals surface area contributed by atoms with Gasteiger partial charge in [-0.3, -0.25) is 29.4 Å². The van der Waals surface area contributed by atoms with Crippen LogP contribution >= 0.6 is 0 Å². The van der Waals surface area contributed by atoms with Gasteiger partial charge in [0.1, 0.15) is 13.3 Å². The molecule has 0 spiro atoms. The summed E-state index contributed by atoms with van der Waals surface area (Å²) in [6.45, 7) is 4.70. The summed E-state index contributed by atoms with van der Waals surface area (Å²) in [6.07, 6.45) is 1.78. The van der Waals surface area contributed by atoms with Crippen LogP contribution in [0.15, 0.2) is 23.2 Å². The van der Waals surface area contributed by atoms with Gasteiger partial charge in [0.2, 0.25) is 0 Å². The maximum atomic E-state index is 11.9. The molecular formula is C17H24N4O4. The number of ether oxygens (including phenoxy) is 2. The van der Waals surface area contributed by atoms with Crippen molar-refractivity contribution >= 4 is 18.2 Å². The summed E-state index contributed by atoms with van der Waals surface area (Å²) in [4.78, 5) is 35.2. The van der Waals surface area contributed by atoms with Crippen LogP contribution in [0.25, 0.3) is 0 Å². The van der Waals surface area contributed by atoms with Crippen molar-refractivity contribution in [2.45, 2.75) is 20.1 Å². The number of esters is 2. The lowest BCUT2D eigenvalue weighted by atomic mass is 10.3. The quantitative estimate of drug-likeness (QED) is 0.473.